The molecule has 0 bridgehead atoms. The first kappa shape index (κ1) is 23.2. The van der Waals surface area contributed by atoms with Gasteiger partial charge in [-0.05, 0) is 46.2 Å². The molecule has 1 amide bonds. The number of rotatable bonds is 8. The molecule has 0 aliphatic rings. The second-order valence-electron chi connectivity index (χ2n) is 7.49. The van der Waals surface area contributed by atoms with Crippen molar-refractivity contribution in [2.24, 2.45) is 5.10 Å². The molecule has 0 aromatic heterocycles. The molecule has 4 aromatic carbocycles. The number of nitrogens with one attached hydrogen (secondary N) is 1. The van der Waals surface area contributed by atoms with Gasteiger partial charge in [-0.1, -0.05) is 42.5 Å². The van der Waals surface area contributed by atoms with Gasteiger partial charge in [-0.25, -0.2) is 5.43 Å². The van der Waals surface area contributed by atoms with Crippen LogP contribution in [0.4, 0.5) is 5.69 Å². The molecule has 9 nitrogen and oxygen atoms in total. The average molecular weight is 471 g/mol. The maximum atomic E-state index is 12.3. The molecule has 0 atom stereocenters. The fourth-order valence-corrected chi connectivity index (χ4v) is 3.50. The van der Waals surface area contributed by atoms with Gasteiger partial charge < -0.3 is 14.6 Å². The van der Waals surface area contributed by atoms with Crippen LogP contribution in [0.15, 0.2) is 84.0 Å². The quantitative estimate of drug-likeness (QED) is 0.216. The summed E-state index contributed by atoms with van der Waals surface area (Å²) in [7, 11) is 1.52. The smallest absolute Gasteiger partial charge is 0.275 e. The van der Waals surface area contributed by atoms with Crippen LogP contribution in [0.3, 0.4) is 0 Å². The summed E-state index contributed by atoms with van der Waals surface area (Å²) in [5.74, 6) is -0.151. The van der Waals surface area contributed by atoms with E-state index in [1.54, 1.807) is 18.2 Å². The van der Waals surface area contributed by atoms with Gasteiger partial charge in [0.2, 0.25) is 0 Å². The average Bonchev–Trinajstić information content (AvgIpc) is 2.87. The van der Waals surface area contributed by atoms with Crippen molar-refractivity contribution in [2.75, 3.05) is 7.11 Å². The van der Waals surface area contributed by atoms with Crippen LogP contribution >= 0.6 is 0 Å². The predicted molar refractivity (Wildman–Crippen MR) is 131 cm³/mol. The number of phenols is 1. The lowest BCUT2D eigenvalue weighted by molar-refractivity contribution is -0.384. The first-order valence-corrected chi connectivity index (χ1v) is 10.5. The molecular weight excluding hydrogens is 450 g/mol. The molecule has 0 fully saturated rings. The van der Waals surface area contributed by atoms with E-state index in [9.17, 15) is 20.0 Å². The second kappa shape index (κ2) is 10.3. The largest absolute Gasteiger partial charge is 0.507 e. The molecule has 4 rings (SSSR count). The third-order valence-corrected chi connectivity index (χ3v) is 5.27. The molecule has 0 spiro atoms. The summed E-state index contributed by atoms with van der Waals surface area (Å²) in [6.45, 7) is 0.355. The van der Waals surface area contributed by atoms with Gasteiger partial charge in [0.15, 0.2) is 11.5 Å². The zero-order valence-electron chi connectivity index (χ0n) is 18.7. The Morgan fingerprint density at radius 2 is 1.86 bits per heavy atom. The number of nitro benzene ring substituents is 1. The minimum atomic E-state index is -0.788. The van der Waals surface area contributed by atoms with Crippen molar-refractivity contribution in [1.82, 2.24) is 5.43 Å². The molecule has 35 heavy (non-hydrogen) atoms. The number of aromatic hydroxyl groups is 1. The van der Waals surface area contributed by atoms with Crippen molar-refractivity contribution in [3.8, 4) is 17.2 Å². The Morgan fingerprint density at radius 3 is 2.66 bits per heavy atom. The number of nitrogens with zero attached hydrogens (tertiary/aromatic N) is 2. The van der Waals surface area contributed by atoms with Crippen molar-refractivity contribution in [3.05, 3.63) is 106 Å². The normalized spacial score (nSPS) is 10.9. The molecule has 0 saturated carbocycles. The number of hydrogen-bond donors (Lipinski definition) is 2. The van der Waals surface area contributed by atoms with Crippen LogP contribution in [-0.2, 0) is 6.61 Å². The van der Waals surface area contributed by atoms with E-state index in [-0.39, 0.29) is 11.3 Å². The minimum absolute atomic E-state index is 0.258. The highest BCUT2D eigenvalue weighted by Gasteiger charge is 2.16. The Bertz CT molecular complexity index is 1430. The van der Waals surface area contributed by atoms with Crippen LogP contribution in [0.1, 0.15) is 21.5 Å². The molecule has 176 valence electrons. The number of nitro groups is 1. The lowest BCUT2D eigenvalue weighted by atomic mass is 10.1. The summed E-state index contributed by atoms with van der Waals surface area (Å²) in [5, 5.41) is 26.8. The summed E-state index contributed by atoms with van der Waals surface area (Å²) < 4.78 is 11.4. The molecule has 9 heteroatoms. The lowest BCUT2D eigenvalue weighted by Crippen LogP contribution is -2.18. The van der Waals surface area contributed by atoms with Crippen molar-refractivity contribution in [3.63, 3.8) is 0 Å². The van der Waals surface area contributed by atoms with Crippen LogP contribution in [0, 0.1) is 10.1 Å². The van der Waals surface area contributed by atoms with E-state index in [4.69, 9.17) is 9.47 Å². The van der Waals surface area contributed by atoms with Gasteiger partial charge in [-0.2, -0.15) is 5.10 Å². The third kappa shape index (κ3) is 5.36. The van der Waals surface area contributed by atoms with Gasteiger partial charge in [0.25, 0.3) is 11.6 Å². The number of phenolic OH excluding ortho intramolecular Hbond substituents is 1. The minimum Gasteiger partial charge on any atom is -0.507 e. The maximum Gasteiger partial charge on any atom is 0.275 e. The van der Waals surface area contributed by atoms with Crippen molar-refractivity contribution in [2.45, 2.75) is 6.61 Å². The fourth-order valence-electron chi connectivity index (χ4n) is 3.50. The molecule has 0 unspecified atom stereocenters. The van der Waals surface area contributed by atoms with E-state index in [2.05, 4.69) is 10.5 Å². The van der Waals surface area contributed by atoms with Crippen LogP contribution in [0.5, 0.6) is 17.2 Å². The number of amides is 1. The molecule has 0 aliphatic heterocycles. The van der Waals surface area contributed by atoms with Gasteiger partial charge >= 0.3 is 0 Å². The van der Waals surface area contributed by atoms with Gasteiger partial charge in [-0.3, -0.25) is 14.9 Å². The van der Waals surface area contributed by atoms with Crippen LogP contribution in [0.2, 0.25) is 0 Å². The topological polar surface area (TPSA) is 123 Å². The Labute approximate surface area is 200 Å². The number of carbonyl (C=O) groups is 1. The molecule has 0 radical (unpaired) electrons. The van der Waals surface area contributed by atoms with E-state index in [0.717, 1.165) is 34.5 Å². The standard InChI is InChI=1S/C26H21N3O6/c1-34-25-13-17(15-27-28-26(31)22-14-20(29(32)33)10-11-23(22)30)9-12-24(25)35-16-19-7-4-6-18-5-2-3-8-21(18)19/h2-15,30H,16H2,1H3,(H,28,31)/b27-15-. The third-order valence-electron chi connectivity index (χ3n) is 5.27. The van der Waals surface area contributed by atoms with Crippen molar-refractivity contribution < 1.29 is 24.3 Å². The lowest BCUT2D eigenvalue weighted by Gasteiger charge is -2.12. The number of methoxy groups -OCH3 is 1. The zero-order valence-corrected chi connectivity index (χ0v) is 18.7. The monoisotopic (exact) mass is 471 g/mol. The highest BCUT2D eigenvalue weighted by Crippen LogP contribution is 2.29. The number of hydrogen-bond acceptors (Lipinski definition) is 7. The van der Waals surface area contributed by atoms with Crippen LogP contribution in [-0.4, -0.2) is 29.3 Å². The van der Waals surface area contributed by atoms with Gasteiger partial charge in [0.1, 0.15) is 12.4 Å². The van der Waals surface area contributed by atoms with Crippen molar-refractivity contribution >= 4 is 28.6 Å². The van der Waals surface area contributed by atoms with E-state index in [0.29, 0.717) is 23.7 Å². The van der Waals surface area contributed by atoms with E-state index >= 15 is 0 Å². The molecular formula is C26H21N3O6. The van der Waals surface area contributed by atoms with E-state index in [1.165, 1.54) is 13.3 Å². The summed E-state index contributed by atoms with van der Waals surface area (Å²) >= 11 is 0. The highest BCUT2D eigenvalue weighted by molar-refractivity contribution is 5.98. The molecule has 0 aliphatic carbocycles. The molecule has 0 saturated heterocycles. The zero-order chi connectivity index (χ0) is 24.8. The van der Waals surface area contributed by atoms with E-state index in [1.807, 2.05) is 42.5 Å². The van der Waals surface area contributed by atoms with Crippen LogP contribution in [0.25, 0.3) is 10.8 Å². The Kier molecular flexibility index (Phi) is 6.87. The summed E-state index contributed by atoms with van der Waals surface area (Å²) in [4.78, 5) is 22.5. The fraction of sp³-hybridized carbons (Fsp3) is 0.0769. The number of hydrazone groups is 1. The van der Waals surface area contributed by atoms with Gasteiger partial charge in [0, 0.05) is 12.1 Å². The summed E-state index contributed by atoms with van der Waals surface area (Å²) in [6.07, 6.45) is 1.38. The summed E-state index contributed by atoms with van der Waals surface area (Å²) in [6, 6.07) is 22.4. The number of non-ortho nitro benzene ring substituents is 1. The molecule has 4 aromatic rings. The molecule has 2 N–H and O–H groups in total. The van der Waals surface area contributed by atoms with Gasteiger partial charge in [-0.15, -0.1) is 0 Å². The summed E-state index contributed by atoms with van der Waals surface area (Å²) in [5.41, 5.74) is 3.33. The van der Waals surface area contributed by atoms with Gasteiger partial charge in [0.05, 0.1) is 23.8 Å². The Morgan fingerprint density at radius 1 is 1.06 bits per heavy atom. The first-order valence-electron chi connectivity index (χ1n) is 10.5. The molecule has 0 heterocycles. The van der Waals surface area contributed by atoms with Crippen molar-refractivity contribution in [1.29, 1.82) is 0 Å². The first-order chi connectivity index (χ1) is 17.0. The van der Waals surface area contributed by atoms with Crippen LogP contribution < -0.4 is 14.9 Å². The highest BCUT2D eigenvalue weighted by atomic mass is 16.6. The Balaban J connectivity index is 1.44. The Hall–Kier alpha value is -4.92. The predicted octanol–water partition coefficient (Wildman–Crippen LogP) is 4.81. The SMILES string of the molecule is COc1cc(/C=N\NC(=O)c2cc([N+](=O)[O-])ccc2O)ccc1OCc1cccc2ccccc12. The van der Waals surface area contributed by atoms with E-state index < -0.39 is 16.6 Å². The number of ether oxygens (including phenoxy) is 2. The number of fused-ring (bicyclic) bond motifs is 1. The number of benzene rings is 4. The second-order valence-corrected chi connectivity index (χ2v) is 7.49. The number of carbonyl (C=O) groups excluding carboxylic acids is 1. The maximum absolute atomic E-state index is 12.3.